The number of amides is 1. The molecule has 5 N–H and O–H groups in total. The third-order valence-electron chi connectivity index (χ3n) is 4.59. The Hall–Kier alpha value is -2.99. The van der Waals surface area contributed by atoms with Crippen molar-refractivity contribution in [1.82, 2.24) is 10.2 Å². The molecule has 0 spiro atoms. The molecule has 146 valence electrons. The van der Waals surface area contributed by atoms with Crippen LogP contribution >= 0.6 is 11.6 Å². The third-order valence-corrected chi connectivity index (χ3v) is 4.83. The number of carbonyl (C=O) groups is 1. The third kappa shape index (κ3) is 4.46. The molecule has 2 aromatic carbocycles. The molecule has 0 aliphatic carbocycles. The van der Waals surface area contributed by atoms with Crippen molar-refractivity contribution < 1.29 is 4.79 Å². The number of H-pyrrole nitrogens is 1. The van der Waals surface area contributed by atoms with Gasteiger partial charge in [-0.3, -0.25) is 9.89 Å². The van der Waals surface area contributed by atoms with Crippen LogP contribution in [0.1, 0.15) is 46.8 Å². The zero-order valence-corrected chi connectivity index (χ0v) is 16.9. The number of primary amides is 1. The van der Waals surface area contributed by atoms with Gasteiger partial charge in [-0.2, -0.15) is 5.10 Å². The maximum absolute atomic E-state index is 12.0. The van der Waals surface area contributed by atoms with E-state index in [1.807, 2.05) is 12.1 Å². The second kappa shape index (κ2) is 8.35. The zero-order valence-electron chi connectivity index (χ0n) is 16.1. The van der Waals surface area contributed by atoms with Crippen molar-refractivity contribution in [2.45, 2.75) is 33.2 Å². The molecule has 1 aromatic heterocycles. The number of hydrogen-bond donors (Lipinski definition) is 4. The molecular weight excluding hydrogens is 374 g/mol. The summed E-state index contributed by atoms with van der Waals surface area (Å²) in [5.74, 6) is 0.698. The second-order valence-electron chi connectivity index (χ2n) is 7.02. The Kier molecular flexibility index (Phi) is 5.90. The van der Waals surface area contributed by atoms with E-state index in [9.17, 15) is 4.79 Å². The molecule has 0 radical (unpaired) electrons. The molecule has 28 heavy (non-hydrogen) atoms. The molecule has 0 atom stereocenters. The van der Waals surface area contributed by atoms with Crippen molar-refractivity contribution in [3.05, 3.63) is 69.7 Å². The van der Waals surface area contributed by atoms with E-state index < -0.39 is 5.91 Å². The first-order valence-corrected chi connectivity index (χ1v) is 9.47. The lowest BCUT2D eigenvalue weighted by molar-refractivity contribution is 0.100. The molecule has 0 unspecified atom stereocenters. The first-order valence-electron chi connectivity index (χ1n) is 9.09. The highest BCUT2D eigenvalue weighted by molar-refractivity contribution is 6.30. The zero-order chi connectivity index (χ0) is 20.3. The maximum Gasteiger partial charge on any atom is 0.256 e. The molecule has 1 heterocycles. The van der Waals surface area contributed by atoms with E-state index >= 15 is 0 Å². The second-order valence-corrected chi connectivity index (χ2v) is 7.45. The fourth-order valence-electron chi connectivity index (χ4n) is 2.93. The summed E-state index contributed by atoms with van der Waals surface area (Å²) in [6.07, 6.45) is 0. The molecule has 3 aromatic rings. The number of nitrogens with two attached hydrogens (primary N) is 1. The number of aromatic amines is 1. The molecule has 0 fully saturated rings. The van der Waals surface area contributed by atoms with E-state index in [-0.39, 0.29) is 5.56 Å². The number of nitrogens with zero attached hydrogens (tertiary/aromatic N) is 1. The number of halogens is 1. The highest BCUT2D eigenvalue weighted by Gasteiger charge is 2.19. The van der Waals surface area contributed by atoms with E-state index in [4.69, 9.17) is 17.3 Å². The Labute approximate surface area is 169 Å². The minimum atomic E-state index is -0.576. The van der Waals surface area contributed by atoms with Gasteiger partial charge in [-0.15, -0.1) is 0 Å². The summed E-state index contributed by atoms with van der Waals surface area (Å²) in [5.41, 5.74) is 10.2. The first-order chi connectivity index (χ1) is 13.3. The van der Waals surface area contributed by atoms with E-state index in [0.29, 0.717) is 29.1 Å². The molecule has 0 aliphatic rings. The molecule has 0 aliphatic heterocycles. The number of hydrogen-bond acceptors (Lipinski definition) is 4. The Morgan fingerprint density at radius 1 is 1.25 bits per heavy atom. The number of rotatable bonds is 7. The van der Waals surface area contributed by atoms with E-state index in [0.717, 1.165) is 11.3 Å². The monoisotopic (exact) mass is 397 g/mol. The van der Waals surface area contributed by atoms with Crippen LogP contribution in [0.3, 0.4) is 0 Å². The van der Waals surface area contributed by atoms with Gasteiger partial charge >= 0.3 is 0 Å². The summed E-state index contributed by atoms with van der Waals surface area (Å²) in [5, 5.41) is 14.0. The van der Waals surface area contributed by atoms with Gasteiger partial charge in [-0.05, 0) is 47.7 Å². The number of aryl methyl sites for hydroxylation is 1. The topological polar surface area (TPSA) is 95.8 Å². The first kappa shape index (κ1) is 19.8. The summed E-state index contributed by atoms with van der Waals surface area (Å²) in [7, 11) is 0. The van der Waals surface area contributed by atoms with Crippen LogP contribution in [0.4, 0.5) is 17.3 Å². The van der Waals surface area contributed by atoms with Gasteiger partial charge in [0.2, 0.25) is 0 Å². The van der Waals surface area contributed by atoms with Gasteiger partial charge in [-0.25, -0.2) is 0 Å². The largest absolute Gasteiger partial charge is 0.365 e. The Morgan fingerprint density at radius 3 is 2.71 bits per heavy atom. The van der Waals surface area contributed by atoms with Gasteiger partial charge in [-0.1, -0.05) is 49.7 Å². The highest BCUT2D eigenvalue weighted by atomic mass is 35.5. The average molecular weight is 398 g/mol. The normalized spacial score (nSPS) is 10.9. The van der Waals surface area contributed by atoms with Crippen LogP contribution in [0, 0.1) is 6.92 Å². The number of aromatic nitrogens is 2. The van der Waals surface area contributed by atoms with Crippen molar-refractivity contribution in [3.8, 4) is 0 Å². The standard InChI is InChI=1S/C21H24ClN5O/c1-12(2)14-8-7-13(3)15(9-14)11-24-20-18(19(23)28)21(27-26-20)25-17-6-4-5-16(22)10-17/h4-10,12H,11H2,1-3H3,(H2,23,28)(H3,24,25,26,27). The smallest absolute Gasteiger partial charge is 0.256 e. The van der Waals surface area contributed by atoms with Gasteiger partial charge in [0.1, 0.15) is 11.4 Å². The van der Waals surface area contributed by atoms with Crippen molar-refractivity contribution in [2.75, 3.05) is 10.6 Å². The fourth-order valence-corrected chi connectivity index (χ4v) is 3.12. The van der Waals surface area contributed by atoms with Crippen LogP contribution in [-0.2, 0) is 6.54 Å². The van der Waals surface area contributed by atoms with Crippen LogP contribution < -0.4 is 16.4 Å². The fraction of sp³-hybridized carbons (Fsp3) is 0.238. The molecule has 6 nitrogen and oxygen atoms in total. The molecule has 0 bridgehead atoms. The minimum Gasteiger partial charge on any atom is -0.365 e. The number of benzene rings is 2. The van der Waals surface area contributed by atoms with E-state index in [1.54, 1.807) is 12.1 Å². The lowest BCUT2D eigenvalue weighted by Crippen LogP contribution is -2.15. The van der Waals surface area contributed by atoms with Crippen LogP contribution in [0.2, 0.25) is 5.02 Å². The SMILES string of the molecule is Cc1ccc(C(C)C)cc1CNc1n[nH]c(Nc2cccc(Cl)c2)c1C(N)=O. The van der Waals surface area contributed by atoms with Crippen molar-refractivity contribution in [3.63, 3.8) is 0 Å². The quantitative estimate of drug-likeness (QED) is 0.453. The predicted molar refractivity (Wildman–Crippen MR) is 114 cm³/mol. The number of carbonyl (C=O) groups excluding carboxylic acids is 1. The average Bonchev–Trinajstić information content (AvgIpc) is 3.03. The summed E-state index contributed by atoms with van der Waals surface area (Å²) in [6.45, 7) is 6.92. The molecule has 3 rings (SSSR count). The molecule has 0 saturated carbocycles. The molecule has 7 heteroatoms. The Balaban J connectivity index is 1.82. The van der Waals surface area contributed by atoms with Crippen molar-refractivity contribution in [2.24, 2.45) is 5.73 Å². The van der Waals surface area contributed by atoms with Gasteiger partial charge in [0.05, 0.1) is 0 Å². The lowest BCUT2D eigenvalue weighted by Gasteiger charge is -2.12. The summed E-state index contributed by atoms with van der Waals surface area (Å²) < 4.78 is 0. The van der Waals surface area contributed by atoms with Gasteiger partial charge in [0.15, 0.2) is 5.82 Å². The molecule has 0 saturated heterocycles. The van der Waals surface area contributed by atoms with E-state index in [1.165, 1.54) is 11.1 Å². The van der Waals surface area contributed by atoms with Gasteiger partial charge < -0.3 is 16.4 Å². The lowest BCUT2D eigenvalue weighted by atomic mass is 9.98. The number of anilines is 3. The predicted octanol–water partition coefficient (Wildman–Crippen LogP) is 4.95. The minimum absolute atomic E-state index is 0.276. The Morgan fingerprint density at radius 2 is 2.04 bits per heavy atom. The van der Waals surface area contributed by atoms with Crippen LogP contribution in [-0.4, -0.2) is 16.1 Å². The summed E-state index contributed by atoms with van der Waals surface area (Å²) in [6, 6.07) is 13.6. The maximum atomic E-state index is 12.0. The molecular formula is C21H24ClN5O. The summed E-state index contributed by atoms with van der Waals surface area (Å²) in [4.78, 5) is 12.0. The Bertz CT molecular complexity index is 996. The van der Waals surface area contributed by atoms with Crippen LogP contribution in [0.5, 0.6) is 0 Å². The molecule has 1 amide bonds. The highest BCUT2D eigenvalue weighted by Crippen LogP contribution is 2.26. The van der Waals surface area contributed by atoms with Crippen molar-refractivity contribution >= 4 is 34.8 Å². The van der Waals surface area contributed by atoms with Gasteiger partial charge in [0.25, 0.3) is 5.91 Å². The van der Waals surface area contributed by atoms with Gasteiger partial charge in [0, 0.05) is 17.3 Å². The summed E-state index contributed by atoms with van der Waals surface area (Å²) >= 11 is 6.02. The van der Waals surface area contributed by atoms with E-state index in [2.05, 4.69) is 59.8 Å². The number of nitrogens with one attached hydrogen (secondary N) is 3. The van der Waals surface area contributed by atoms with Crippen LogP contribution in [0.25, 0.3) is 0 Å². The van der Waals surface area contributed by atoms with Crippen molar-refractivity contribution in [1.29, 1.82) is 0 Å². The van der Waals surface area contributed by atoms with Crippen LogP contribution in [0.15, 0.2) is 42.5 Å².